The summed E-state index contributed by atoms with van der Waals surface area (Å²) in [5.41, 5.74) is -0.917. The first kappa shape index (κ1) is 14.0. The van der Waals surface area contributed by atoms with E-state index in [0.29, 0.717) is 24.8 Å². The zero-order chi connectivity index (χ0) is 14.9. The molecule has 2 rings (SSSR count). The van der Waals surface area contributed by atoms with E-state index in [9.17, 15) is 24.8 Å². The number of nitro benzene ring substituents is 1. The second-order valence-electron chi connectivity index (χ2n) is 4.90. The van der Waals surface area contributed by atoms with E-state index in [1.807, 2.05) is 0 Å². The van der Waals surface area contributed by atoms with Crippen LogP contribution < -0.4 is 5.32 Å². The maximum absolute atomic E-state index is 12.1. The average molecular weight is 278 g/mol. The molecule has 1 aromatic rings. The molecule has 1 aromatic carbocycles. The summed E-state index contributed by atoms with van der Waals surface area (Å²) in [5, 5.41) is 22.5. The Labute approximate surface area is 114 Å². The third kappa shape index (κ3) is 2.11. The number of hydrogen-bond acceptors (Lipinski definition) is 4. The normalized spacial score (nSPS) is 16.1. The number of nitrogens with zero attached hydrogens (tertiary/aromatic N) is 1. The first-order chi connectivity index (χ1) is 9.38. The van der Waals surface area contributed by atoms with Gasteiger partial charge in [0, 0.05) is 6.07 Å². The van der Waals surface area contributed by atoms with Crippen molar-refractivity contribution in [2.75, 3.05) is 5.32 Å². The van der Waals surface area contributed by atoms with Crippen LogP contribution in [0.1, 0.15) is 24.8 Å². The van der Waals surface area contributed by atoms with Crippen LogP contribution in [0.2, 0.25) is 0 Å². The Morgan fingerprint density at radius 2 is 2.05 bits per heavy atom. The molecule has 1 saturated carbocycles. The van der Waals surface area contributed by atoms with E-state index in [4.69, 9.17) is 0 Å². The number of carbonyl (C=O) groups excluding carboxylic acids is 1. The molecule has 7 heteroatoms. The van der Waals surface area contributed by atoms with Gasteiger partial charge < -0.3 is 10.4 Å². The van der Waals surface area contributed by atoms with E-state index in [1.165, 1.54) is 25.1 Å². The SMILES string of the molecule is Cc1c(NC(=O)C2(C(=O)O)CCC2)cccc1[N+](=O)[O-]. The van der Waals surface area contributed by atoms with Crippen LogP contribution >= 0.6 is 0 Å². The molecule has 2 N–H and O–H groups in total. The van der Waals surface area contributed by atoms with Gasteiger partial charge in [0.05, 0.1) is 16.2 Å². The summed E-state index contributed by atoms with van der Waals surface area (Å²) in [4.78, 5) is 33.6. The lowest BCUT2D eigenvalue weighted by molar-refractivity contribution is -0.385. The minimum absolute atomic E-state index is 0.110. The number of carbonyl (C=O) groups is 2. The van der Waals surface area contributed by atoms with Crippen LogP contribution in [0.25, 0.3) is 0 Å². The number of nitro groups is 1. The fourth-order valence-electron chi connectivity index (χ4n) is 2.27. The van der Waals surface area contributed by atoms with Gasteiger partial charge in [-0.05, 0) is 25.8 Å². The molecule has 1 fully saturated rings. The minimum Gasteiger partial charge on any atom is -0.480 e. The lowest BCUT2D eigenvalue weighted by Crippen LogP contribution is -2.48. The summed E-state index contributed by atoms with van der Waals surface area (Å²) in [5.74, 6) is -1.76. The first-order valence-electron chi connectivity index (χ1n) is 6.17. The molecule has 106 valence electrons. The minimum atomic E-state index is -1.39. The van der Waals surface area contributed by atoms with Crippen LogP contribution in [0.3, 0.4) is 0 Å². The molecule has 7 nitrogen and oxygen atoms in total. The molecular formula is C13H14N2O5. The van der Waals surface area contributed by atoms with Crippen molar-refractivity contribution in [1.29, 1.82) is 0 Å². The number of carboxylic acids is 1. The quantitative estimate of drug-likeness (QED) is 0.498. The van der Waals surface area contributed by atoms with E-state index in [-0.39, 0.29) is 11.4 Å². The van der Waals surface area contributed by atoms with Gasteiger partial charge in [-0.25, -0.2) is 0 Å². The van der Waals surface area contributed by atoms with Crippen LogP contribution in [0.4, 0.5) is 11.4 Å². The predicted octanol–water partition coefficient (Wildman–Crippen LogP) is 2.10. The second kappa shape index (κ2) is 4.92. The number of anilines is 1. The highest BCUT2D eigenvalue weighted by Crippen LogP contribution is 2.42. The van der Waals surface area contributed by atoms with Gasteiger partial charge in [-0.1, -0.05) is 12.5 Å². The summed E-state index contributed by atoms with van der Waals surface area (Å²) in [6.07, 6.45) is 1.28. The molecule has 1 amide bonds. The fourth-order valence-corrected chi connectivity index (χ4v) is 2.27. The molecule has 0 heterocycles. The van der Waals surface area contributed by atoms with Crippen molar-refractivity contribution in [3.05, 3.63) is 33.9 Å². The highest BCUT2D eigenvalue weighted by atomic mass is 16.6. The molecule has 0 atom stereocenters. The number of carboxylic acid groups (broad SMARTS) is 1. The Hall–Kier alpha value is -2.44. The summed E-state index contributed by atoms with van der Waals surface area (Å²) < 4.78 is 0. The summed E-state index contributed by atoms with van der Waals surface area (Å²) in [6.45, 7) is 1.52. The molecule has 0 radical (unpaired) electrons. The smallest absolute Gasteiger partial charge is 0.319 e. The molecule has 0 aromatic heterocycles. The Morgan fingerprint density at radius 1 is 1.40 bits per heavy atom. The van der Waals surface area contributed by atoms with Gasteiger partial charge in [0.15, 0.2) is 0 Å². The zero-order valence-corrected chi connectivity index (χ0v) is 10.9. The van der Waals surface area contributed by atoms with Crippen molar-refractivity contribution in [3.63, 3.8) is 0 Å². The van der Waals surface area contributed by atoms with E-state index in [0.717, 1.165) is 0 Å². The maximum Gasteiger partial charge on any atom is 0.319 e. The van der Waals surface area contributed by atoms with Crippen molar-refractivity contribution in [2.24, 2.45) is 5.41 Å². The van der Waals surface area contributed by atoms with Crippen LogP contribution in [0.5, 0.6) is 0 Å². The molecular weight excluding hydrogens is 264 g/mol. The van der Waals surface area contributed by atoms with E-state index < -0.39 is 22.2 Å². The lowest BCUT2D eigenvalue weighted by Gasteiger charge is -2.35. The summed E-state index contributed by atoms with van der Waals surface area (Å²) in [6, 6.07) is 4.31. The molecule has 1 aliphatic carbocycles. The van der Waals surface area contributed by atoms with Gasteiger partial charge in [0.2, 0.25) is 5.91 Å². The van der Waals surface area contributed by atoms with Crippen LogP contribution in [0.15, 0.2) is 18.2 Å². The number of hydrogen-bond donors (Lipinski definition) is 2. The third-order valence-corrected chi connectivity index (χ3v) is 3.80. The molecule has 1 aliphatic rings. The van der Waals surface area contributed by atoms with E-state index in [2.05, 4.69) is 5.32 Å². The number of aliphatic carboxylic acids is 1. The second-order valence-corrected chi connectivity index (χ2v) is 4.90. The summed E-state index contributed by atoms with van der Waals surface area (Å²) in [7, 11) is 0. The van der Waals surface area contributed by atoms with E-state index >= 15 is 0 Å². The largest absolute Gasteiger partial charge is 0.480 e. The van der Waals surface area contributed by atoms with Gasteiger partial charge in [-0.2, -0.15) is 0 Å². The lowest BCUT2D eigenvalue weighted by atomic mass is 9.68. The molecule has 0 spiro atoms. The molecule has 0 aliphatic heterocycles. The first-order valence-corrected chi connectivity index (χ1v) is 6.17. The van der Waals surface area contributed by atoms with Crippen LogP contribution in [-0.2, 0) is 9.59 Å². The highest BCUT2D eigenvalue weighted by molar-refractivity contribution is 6.09. The van der Waals surface area contributed by atoms with Gasteiger partial charge in [-0.15, -0.1) is 0 Å². The fraction of sp³-hybridized carbons (Fsp3) is 0.385. The van der Waals surface area contributed by atoms with Gasteiger partial charge in [-0.3, -0.25) is 19.7 Å². The Bertz CT molecular complexity index is 592. The number of benzene rings is 1. The van der Waals surface area contributed by atoms with Crippen LogP contribution in [0, 0.1) is 22.5 Å². The average Bonchev–Trinajstić information content (AvgIpc) is 2.29. The Kier molecular flexibility index (Phi) is 3.44. The summed E-state index contributed by atoms with van der Waals surface area (Å²) >= 11 is 0. The topological polar surface area (TPSA) is 110 Å². The highest BCUT2D eigenvalue weighted by Gasteiger charge is 2.51. The van der Waals surface area contributed by atoms with Crippen molar-refractivity contribution in [3.8, 4) is 0 Å². The van der Waals surface area contributed by atoms with Gasteiger partial charge >= 0.3 is 5.97 Å². The van der Waals surface area contributed by atoms with Crippen molar-refractivity contribution in [2.45, 2.75) is 26.2 Å². The third-order valence-electron chi connectivity index (χ3n) is 3.80. The van der Waals surface area contributed by atoms with Gasteiger partial charge in [0.25, 0.3) is 5.69 Å². The van der Waals surface area contributed by atoms with Crippen molar-refractivity contribution in [1.82, 2.24) is 0 Å². The van der Waals surface area contributed by atoms with Gasteiger partial charge in [0.1, 0.15) is 5.41 Å². The van der Waals surface area contributed by atoms with Crippen molar-refractivity contribution >= 4 is 23.3 Å². The molecule has 20 heavy (non-hydrogen) atoms. The Balaban J connectivity index is 2.27. The number of rotatable bonds is 4. The maximum atomic E-state index is 12.1. The Morgan fingerprint density at radius 3 is 2.50 bits per heavy atom. The van der Waals surface area contributed by atoms with Crippen molar-refractivity contribution < 1.29 is 19.6 Å². The number of amides is 1. The monoisotopic (exact) mass is 278 g/mol. The number of nitrogens with one attached hydrogen (secondary N) is 1. The van der Waals surface area contributed by atoms with E-state index in [1.54, 1.807) is 0 Å². The molecule has 0 unspecified atom stereocenters. The zero-order valence-electron chi connectivity index (χ0n) is 10.9. The van der Waals surface area contributed by atoms with Crippen LogP contribution in [-0.4, -0.2) is 21.9 Å². The molecule has 0 saturated heterocycles. The molecule has 0 bridgehead atoms. The standard InChI is InChI=1S/C13H14N2O5/c1-8-9(4-2-5-10(8)15(19)20)14-11(16)13(12(17)18)6-3-7-13/h2,4-5H,3,6-7H2,1H3,(H,14,16)(H,17,18). The predicted molar refractivity (Wildman–Crippen MR) is 70.4 cm³/mol.